The molecule has 0 aromatic rings. The summed E-state index contributed by atoms with van der Waals surface area (Å²) in [5.74, 6) is 0. The number of hydrogen-bond donors (Lipinski definition) is 0. The first-order chi connectivity index (χ1) is 15.1. The Morgan fingerprint density at radius 1 is 0.606 bits per heavy atom. The van der Waals surface area contributed by atoms with Crippen molar-refractivity contribution in [2.24, 2.45) is 20.1 Å². The largest absolute Gasteiger partial charge is 0.353 e. The van der Waals surface area contributed by atoms with Gasteiger partial charge in [-0.1, -0.05) is 41.5 Å². The van der Waals surface area contributed by atoms with Crippen molar-refractivity contribution in [3.05, 3.63) is 0 Å². The molecule has 0 aromatic heterocycles. The van der Waals surface area contributed by atoms with Crippen LogP contribution in [0.25, 0.3) is 0 Å². The van der Waals surface area contributed by atoms with E-state index < -0.39 is 16.5 Å². The fourth-order valence-corrected chi connectivity index (χ4v) is 12.4. The fourth-order valence-electron chi connectivity index (χ4n) is 4.66. The van der Waals surface area contributed by atoms with E-state index in [1.807, 2.05) is 27.7 Å². The third-order valence-electron chi connectivity index (χ3n) is 5.09. The van der Waals surface area contributed by atoms with Crippen molar-refractivity contribution in [1.82, 2.24) is 0 Å². The number of rotatable bonds is 16. The average Bonchev–Trinajstić information content (AvgIpc) is 2.59. The molecule has 0 spiro atoms. The average molecular weight is 503 g/mol. The minimum Gasteiger partial charge on any atom is -0.353 e. The number of nitrogens with zero attached hydrogens (tertiary/aromatic N) is 2. The molecule has 2 atom stereocenters. The quantitative estimate of drug-likeness (QED) is 0.127. The van der Waals surface area contributed by atoms with Crippen LogP contribution in [0, 0.1) is 10.8 Å². The fraction of sp³-hybridized carbons (Fsp3) is 0.960. The summed E-state index contributed by atoms with van der Waals surface area (Å²) in [4.78, 5) is 0. The van der Waals surface area contributed by atoms with Crippen LogP contribution >= 0.6 is 0 Å². The summed E-state index contributed by atoms with van der Waals surface area (Å²) in [5.41, 5.74) is 0.326. The summed E-state index contributed by atoms with van der Waals surface area (Å²) in [6.07, 6.45) is -0.439. The molecule has 0 aromatic carbocycles. The molecule has 0 fully saturated rings. The molecule has 0 aliphatic carbocycles. The maximum atomic E-state index is 5.88. The second kappa shape index (κ2) is 14.9. The van der Waals surface area contributed by atoms with Gasteiger partial charge in [0, 0.05) is 38.5 Å². The molecule has 0 N–H and O–H groups in total. The smallest absolute Gasteiger partial charge is 0.198 e. The van der Waals surface area contributed by atoms with E-state index in [2.05, 4.69) is 60.6 Å². The van der Waals surface area contributed by atoms with Crippen LogP contribution in [0.15, 0.2) is 9.32 Å². The van der Waals surface area contributed by atoms with Crippen molar-refractivity contribution < 1.29 is 18.9 Å². The van der Waals surface area contributed by atoms with Gasteiger partial charge < -0.3 is 18.9 Å². The van der Waals surface area contributed by atoms with Crippen LogP contribution in [0.4, 0.5) is 0 Å². The van der Waals surface area contributed by atoms with Gasteiger partial charge in [-0.3, -0.25) is 9.32 Å². The summed E-state index contributed by atoms with van der Waals surface area (Å²) in [5, 5.41) is 0. The summed E-state index contributed by atoms with van der Waals surface area (Å²) in [6, 6.07) is 6.92. The Kier molecular flexibility index (Phi) is 14.8. The summed E-state index contributed by atoms with van der Waals surface area (Å²) >= 11 is 0. The van der Waals surface area contributed by atoms with E-state index in [9.17, 15) is 0 Å². The highest BCUT2D eigenvalue weighted by Crippen LogP contribution is 2.34. The summed E-state index contributed by atoms with van der Waals surface area (Å²) < 4.78 is 33.7. The second-order valence-electron chi connectivity index (χ2n) is 11.9. The molecule has 0 rings (SSSR count). The molecule has 0 bridgehead atoms. The molecule has 0 heterocycles. The lowest BCUT2D eigenvalue weighted by molar-refractivity contribution is -0.124. The van der Waals surface area contributed by atoms with Gasteiger partial charge in [-0.05, 0) is 63.7 Å². The maximum Gasteiger partial charge on any atom is 0.198 e. The number of hydrogen-bond acceptors (Lipinski definition) is 6. The normalized spacial score (nSPS) is 16.4. The summed E-state index contributed by atoms with van der Waals surface area (Å²) in [7, 11) is -4.24. The van der Waals surface area contributed by atoms with Gasteiger partial charge in [0.25, 0.3) is 0 Å². The van der Waals surface area contributed by atoms with Crippen molar-refractivity contribution in [1.29, 1.82) is 0 Å². The van der Waals surface area contributed by atoms with Crippen molar-refractivity contribution in [3.63, 3.8) is 0 Å². The molecule has 0 saturated heterocycles. The van der Waals surface area contributed by atoms with Crippen LogP contribution in [0.3, 0.4) is 0 Å². The van der Waals surface area contributed by atoms with Crippen LogP contribution in [-0.4, -0.2) is 61.5 Å². The van der Waals surface area contributed by atoms with E-state index in [0.29, 0.717) is 26.4 Å². The van der Waals surface area contributed by atoms with Crippen LogP contribution in [0.5, 0.6) is 0 Å². The maximum absolute atomic E-state index is 5.88. The lowest BCUT2D eigenvalue weighted by atomic mass is 10.0. The SMILES string of the molecule is CCOC(C[Si](C)(CC(C)(C)C)N=C=N[Si](C)(CC(OCC)OCC)CC(C)(C)C)OCC. The Hall–Kier alpha value is -0.346. The van der Waals surface area contributed by atoms with Gasteiger partial charge in [-0.25, -0.2) is 0 Å². The van der Waals surface area contributed by atoms with Crippen LogP contribution in [0.2, 0.25) is 37.3 Å². The topological polar surface area (TPSA) is 61.6 Å². The molecule has 8 heteroatoms. The first-order valence-electron chi connectivity index (χ1n) is 12.8. The third-order valence-corrected chi connectivity index (χ3v) is 12.4. The van der Waals surface area contributed by atoms with E-state index in [4.69, 9.17) is 28.3 Å². The van der Waals surface area contributed by atoms with Gasteiger partial charge in [-0.15, -0.1) is 0 Å². The molecule has 33 heavy (non-hydrogen) atoms. The van der Waals surface area contributed by atoms with Crippen molar-refractivity contribution in [2.75, 3.05) is 26.4 Å². The molecular weight excluding hydrogens is 448 g/mol. The Morgan fingerprint density at radius 2 is 0.879 bits per heavy atom. The van der Waals surface area contributed by atoms with E-state index in [0.717, 1.165) is 24.2 Å². The van der Waals surface area contributed by atoms with E-state index in [1.54, 1.807) is 0 Å². The molecule has 6 nitrogen and oxygen atoms in total. The van der Waals surface area contributed by atoms with E-state index >= 15 is 0 Å². The van der Waals surface area contributed by atoms with Crippen LogP contribution in [0.1, 0.15) is 69.2 Å². The highest BCUT2D eigenvalue weighted by Gasteiger charge is 2.38. The highest BCUT2D eigenvalue weighted by atomic mass is 28.3. The number of ether oxygens (including phenoxy) is 4. The van der Waals surface area contributed by atoms with E-state index in [1.165, 1.54) is 0 Å². The monoisotopic (exact) mass is 502 g/mol. The van der Waals surface area contributed by atoms with Gasteiger partial charge in [-0.2, -0.15) is 0 Å². The van der Waals surface area contributed by atoms with Crippen molar-refractivity contribution >= 4 is 22.5 Å². The van der Waals surface area contributed by atoms with E-state index in [-0.39, 0.29) is 23.4 Å². The van der Waals surface area contributed by atoms with Crippen molar-refractivity contribution in [2.45, 2.75) is 119 Å². The highest BCUT2D eigenvalue weighted by molar-refractivity contribution is 6.79. The minimum absolute atomic E-state index is 0.163. The molecule has 0 aliphatic rings. The van der Waals surface area contributed by atoms with Crippen LogP contribution in [-0.2, 0) is 18.9 Å². The molecule has 0 saturated carbocycles. The molecule has 2 unspecified atom stereocenters. The van der Waals surface area contributed by atoms with Gasteiger partial charge in [0.1, 0.15) is 0 Å². The van der Waals surface area contributed by atoms with Gasteiger partial charge >= 0.3 is 0 Å². The zero-order valence-electron chi connectivity index (χ0n) is 23.8. The lowest BCUT2D eigenvalue weighted by Crippen LogP contribution is -2.39. The summed E-state index contributed by atoms with van der Waals surface area (Å²) in [6.45, 7) is 28.8. The Balaban J connectivity index is 6.05. The minimum atomic E-state index is -2.12. The zero-order valence-corrected chi connectivity index (χ0v) is 25.8. The first kappa shape index (κ1) is 32.7. The second-order valence-corrected chi connectivity index (χ2v) is 19.8. The van der Waals surface area contributed by atoms with Crippen LogP contribution < -0.4 is 0 Å². The predicted molar refractivity (Wildman–Crippen MR) is 145 cm³/mol. The van der Waals surface area contributed by atoms with Gasteiger partial charge in [0.2, 0.25) is 0 Å². The molecular formula is C25H54N2O4Si2. The predicted octanol–water partition coefficient (Wildman–Crippen LogP) is 7.20. The zero-order chi connectivity index (χ0) is 25.8. The Labute approximate surface area is 207 Å². The standard InChI is InChI=1S/C25H54N2O4Si2/c1-13-28-22(29-14-2)17-32(11,19-24(5,6)7)26-21-27-33(12,20-25(8,9)10)18-23(30-15-3)31-16-4/h22-23H,13-20H2,1-12H3. The lowest BCUT2D eigenvalue weighted by Gasteiger charge is -2.33. The molecule has 0 radical (unpaired) electrons. The van der Waals surface area contributed by atoms with Gasteiger partial charge in [0.05, 0.1) is 6.01 Å². The Bertz CT molecular complexity index is 540. The molecule has 196 valence electrons. The van der Waals surface area contributed by atoms with Gasteiger partial charge in [0.15, 0.2) is 29.1 Å². The third kappa shape index (κ3) is 16.0. The first-order valence-corrected chi connectivity index (χ1v) is 18.5. The molecule has 0 amide bonds. The molecule has 0 aliphatic heterocycles. The Morgan fingerprint density at radius 3 is 1.09 bits per heavy atom. The van der Waals surface area contributed by atoms with Crippen molar-refractivity contribution in [3.8, 4) is 0 Å².